The lowest BCUT2D eigenvalue weighted by Gasteiger charge is -2.09. The van der Waals surface area contributed by atoms with Crippen molar-refractivity contribution in [3.05, 3.63) is 35.5 Å². The van der Waals surface area contributed by atoms with Crippen LogP contribution >= 0.6 is 0 Å². The van der Waals surface area contributed by atoms with Gasteiger partial charge in [0.05, 0.1) is 12.3 Å². The maximum atomic E-state index is 5.78. The van der Waals surface area contributed by atoms with E-state index in [0.29, 0.717) is 19.1 Å². The van der Waals surface area contributed by atoms with E-state index in [4.69, 9.17) is 10.5 Å². The molecule has 0 aliphatic rings. The summed E-state index contributed by atoms with van der Waals surface area (Å²) in [5.41, 5.74) is 9.80. The molecule has 2 aromatic rings. The molecule has 3 N–H and O–H groups in total. The van der Waals surface area contributed by atoms with E-state index in [2.05, 4.69) is 24.0 Å². The minimum absolute atomic E-state index is 0.481. The number of benzene rings is 1. The Morgan fingerprint density at radius 3 is 2.84 bits per heavy atom. The van der Waals surface area contributed by atoms with Crippen molar-refractivity contribution in [3.63, 3.8) is 0 Å². The minimum Gasteiger partial charge on any atom is -0.493 e. The van der Waals surface area contributed by atoms with Crippen molar-refractivity contribution in [1.29, 1.82) is 0 Å². The van der Waals surface area contributed by atoms with Crippen LogP contribution in [-0.4, -0.2) is 16.8 Å². The lowest BCUT2D eigenvalue weighted by atomic mass is 10.1. The van der Waals surface area contributed by atoms with Gasteiger partial charge in [0.2, 0.25) is 0 Å². The largest absolute Gasteiger partial charge is 0.493 e. The van der Waals surface area contributed by atoms with Gasteiger partial charge in [-0.15, -0.1) is 0 Å². The molecule has 4 nitrogen and oxygen atoms in total. The second-order valence-corrected chi connectivity index (χ2v) is 5.11. The zero-order valence-electron chi connectivity index (χ0n) is 11.7. The van der Waals surface area contributed by atoms with E-state index in [1.165, 1.54) is 0 Å². The smallest absolute Gasteiger partial charge is 0.119 e. The van der Waals surface area contributed by atoms with Crippen LogP contribution in [0.15, 0.2) is 24.3 Å². The Bertz CT molecular complexity index is 546. The number of aryl methyl sites for hydroxylation is 1. The zero-order chi connectivity index (χ0) is 13.8. The predicted molar refractivity (Wildman–Crippen MR) is 77.0 cm³/mol. The Kier molecular flexibility index (Phi) is 4.22. The van der Waals surface area contributed by atoms with Crippen LogP contribution in [0.25, 0.3) is 11.3 Å². The zero-order valence-corrected chi connectivity index (χ0v) is 11.7. The van der Waals surface area contributed by atoms with Crippen molar-refractivity contribution >= 4 is 0 Å². The number of aromatic nitrogens is 2. The maximum Gasteiger partial charge on any atom is 0.119 e. The summed E-state index contributed by atoms with van der Waals surface area (Å²) in [7, 11) is 0. The lowest BCUT2D eigenvalue weighted by molar-refractivity contribution is 0.271. The van der Waals surface area contributed by atoms with Crippen LogP contribution in [0.4, 0.5) is 0 Å². The Hall–Kier alpha value is -1.81. The molecule has 0 fully saturated rings. The van der Waals surface area contributed by atoms with Gasteiger partial charge in [0.1, 0.15) is 5.75 Å². The van der Waals surface area contributed by atoms with Gasteiger partial charge in [-0.25, -0.2) is 0 Å². The molecule has 1 aromatic heterocycles. The summed E-state index contributed by atoms with van der Waals surface area (Å²) < 4.78 is 5.74. The van der Waals surface area contributed by atoms with E-state index in [9.17, 15) is 0 Å². The van der Waals surface area contributed by atoms with Gasteiger partial charge < -0.3 is 10.5 Å². The fourth-order valence-corrected chi connectivity index (χ4v) is 1.94. The number of rotatable bonds is 5. The van der Waals surface area contributed by atoms with Crippen LogP contribution in [0.1, 0.15) is 25.1 Å². The molecule has 2 rings (SSSR count). The monoisotopic (exact) mass is 259 g/mol. The van der Waals surface area contributed by atoms with Crippen LogP contribution in [0.3, 0.4) is 0 Å². The number of aromatic amines is 1. The summed E-state index contributed by atoms with van der Waals surface area (Å²) in [6, 6.07) is 7.98. The van der Waals surface area contributed by atoms with Gasteiger partial charge >= 0.3 is 0 Å². The third kappa shape index (κ3) is 3.15. The highest BCUT2D eigenvalue weighted by Gasteiger charge is 2.11. The quantitative estimate of drug-likeness (QED) is 0.867. The number of hydrogen-bond acceptors (Lipinski definition) is 3. The highest BCUT2D eigenvalue weighted by Crippen LogP contribution is 2.26. The van der Waals surface area contributed by atoms with Crippen molar-refractivity contribution in [2.75, 3.05) is 6.61 Å². The van der Waals surface area contributed by atoms with Crippen molar-refractivity contribution in [2.24, 2.45) is 11.7 Å². The van der Waals surface area contributed by atoms with Gasteiger partial charge in [0.15, 0.2) is 0 Å². The summed E-state index contributed by atoms with van der Waals surface area (Å²) in [6.07, 6.45) is 0. The molecule has 0 radical (unpaired) electrons. The van der Waals surface area contributed by atoms with Crippen LogP contribution in [0.5, 0.6) is 5.75 Å². The first-order valence-corrected chi connectivity index (χ1v) is 6.59. The first-order chi connectivity index (χ1) is 9.11. The highest BCUT2D eigenvalue weighted by molar-refractivity contribution is 5.65. The summed E-state index contributed by atoms with van der Waals surface area (Å²) in [5.74, 6) is 1.38. The molecule has 4 heteroatoms. The van der Waals surface area contributed by atoms with Crippen molar-refractivity contribution in [1.82, 2.24) is 10.2 Å². The van der Waals surface area contributed by atoms with E-state index in [1.807, 2.05) is 31.2 Å². The molecule has 0 bridgehead atoms. The first-order valence-electron chi connectivity index (χ1n) is 6.59. The number of nitrogens with one attached hydrogen (secondary N) is 1. The van der Waals surface area contributed by atoms with Gasteiger partial charge in [0, 0.05) is 23.4 Å². The van der Waals surface area contributed by atoms with Crippen LogP contribution in [-0.2, 0) is 6.54 Å². The topological polar surface area (TPSA) is 63.9 Å². The summed E-state index contributed by atoms with van der Waals surface area (Å²) in [4.78, 5) is 0. The molecule has 0 spiro atoms. The number of nitrogens with two attached hydrogens (primary N) is 1. The van der Waals surface area contributed by atoms with Crippen LogP contribution in [0, 0.1) is 12.8 Å². The Morgan fingerprint density at radius 1 is 1.37 bits per heavy atom. The number of hydrogen-bond donors (Lipinski definition) is 2. The van der Waals surface area contributed by atoms with E-state index >= 15 is 0 Å². The van der Waals surface area contributed by atoms with E-state index < -0.39 is 0 Å². The van der Waals surface area contributed by atoms with Crippen LogP contribution < -0.4 is 10.5 Å². The van der Waals surface area contributed by atoms with Crippen LogP contribution in [0.2, 0.25) is 0 Å². The third-order valence-electron chi connectivity index (χ3n) is 2.97. The molecule has 0 aliphatic carbocycles. The summed E-state index contributed by atoms with van der Waals surface area (Å²) in [5, 5.41) is 7.32. The van der Waals surface area contributed by atoms with E-state index in [-0.39, 0.29) is 0 Å². The third-order valence-corrected chi connectivity index (χ3v) is 2.97. The molecule has 1 aromatic carbocycles. The standard InChI is InChI=1S/C15H21N3O/c1-10(2)9-19-13-6-4-5-12(7-13)15-14(8-16)11(3)17-18-15/h4-7,10H,8-9,16H2,1-3H3,(H,17,18). The van der Waals surface area contributed by atoms with Crippen molar-refractivity contribution < 1.29 is 4.74 Å². The molecule has 0 atom stereocenters. The fourth-order valence-electron chi connectivity index (χ4n) is 1.94. The molecule has 0 unspecified atom stereocenters. The van der Waals surface area contributed by atoms with E-state index in [1.54, 1.807) is 0 Å². The van der Waals surface area contributed by atoms with Crippen molar-refractivity contribution in [3.8, 4) is 17.0 Å². The number of ether oxygens (including phenoxy) is 1. The fraction of sp³-hybridized carbons (Fsp3) is 0.400. The van der Waals surface area contributed by atoms with Gasteiger partial charge in [-0.3, -0.25) is 5.10 Å². The molecule has 0 amide bonds. The molecule has 0 saturated heterocycles. The molecule has 19 heavy (non-hydrogen) atoms. The van der Waals surface area contributed by atoms with Gasteiger partial charge in [0.25, 0.3) is 0 Å². The highest BCUT2D eigenvalue weighted by atomic mass is 16.5. The molecule has 1 heterocycles. The van der Waals surface area contributed by atoms with E-state index in [0.717, 1.165) is 28.3 Å². The molecule has 0 aliphatic heterocycles. The Morgan fingerprint density at radius 2 is 2.16 bits per heavy atom. The average Bonchev–Trinajstić information content (AvgIpc) is 2.78. The SMILES string of the molecule is Cc1[nH]nc(-c2cccc(OCC(C)C)c2)c1CN. The summed E-state index contributed by atoms with van der Waals surface area (Å²) >= 11 is 0. The predicted octanol–water partition coefficient (Wildman–Crippen LogP) is 2.88. The minimum atomic E-state index is 0.481. The first kappa shape index (κ1) is 13.6. The number of nitrogens with zero attached hydrogens (tertiary/aromatic N) is 1. The Balaban J connectivity index is 2.27. The molecular weight excluding hydrogens is 238 g/mol. The molecular formula is C15H21N3O. The Labute approximate surface area is 114 Å². The lowest BCUT2D eigenvalue weighted by Crippen LogP contribution is -2.04. The second kappa shape index (κ2) is 5.89. The second-order valence-electron chi connectivity index (χ2n) is 5.11. The molecule has 0 saturated carbocycles. The maximum absolute atomic E-state index is 5.78. The molecule has 102 valence electrons. The normalized spacial score (nSPS) is 11.0. The van der Waals surface area contributed by atoms with Crippen molar-refractivity contribution in [2.45, 2.75) is 27.3 Å². The summed E-state index contributed by atoms with van der Waals surface area (Å²) in [6.45, 7) is 7.44. The number of H-pyrrole nitrogens is 1. The van der Waals surface area contributed by atoms with Gasteiger partial charge in [-0.2, -0.15) is 5.10 Å². The average molecular weight is 259 g/mol. The van der Waals surface area contributed by atoms with Gasteiger partial charge in [-0.05, 0) is 25.0 Å². The van der Waals surface area contributed by atoms with Gasteiger partial charge in [-0.1, -0.05) is 26.0 Å².